The molecule has 1 aromatic heterocycles. The van der Waals surface area contributed by atoms with E-state index in [4.69, 9.17) is 0 Å². The summed E-state index contributed by atoms with van der Waals surface area (Å²) in [5, 5.41) is 0. The molecule has 1 aliphatic rings. The molecule has 14 heavy (non-hydrogen) atoms. The van der Waals surface area contributed by atoms with Crippen molar-refractivity contribution in [2.75, 3.05) is 18.0 Å². The number of imidazole rings is 1. The van der Waals surface area contributed by atoms with Crippen LogP contribution in [0.25, 0.3) is 0 Å². The van der Waals surface area contributed by atoms with E-state index in [-0.39, 0.29) is 0 Å². The predicted molar refractivity (Wildman–Crippen MR) is 57.7 cm³/mol. The average Bonchev–Trinajstić information content (AvgIpc) is 2.74. The van der Waals surface area contributed by atoms with Gasteiger partial charge >= 0.3 is 0 Å². The van der Waals surface area contributed by atoms with Crippen LogP contribution in [0.15, 0.2) is 4.60 Å². The third-order valence-electron chi connectivity index (χ3n) is 2.57. The van der Waals surface area contributed by atoms with Crippen LogP contribution < -0.4 is 4.90 Å². The zero-order valence-corrected chi connectivity index (χ0v) is 9.62. The zero-order chi connectivity index (χ0) is 10.1. The molecule has 0 bridgehead atoms. The maximum atomic E-state index is 10.8. The van der Waals surface area contributed by atoms with Crippen LogP contribution in [0, 0.1) is 0 Å². The first-order valence-corrected chi connectivity index (χ1v) is 5.45. The summed E-state index contributed by atoms with van der Waals surface area (Å²) < 4.78 is 2.47. The van der Waals surface area contributed by atoms with Crippen molar-refractivity contribution < 1.29 is 4.79 Å². The molecule has 2 rings (SSSR count). The lowest BCUT2D eigenvalue weighted by atomic mass is 10.4. The lowest BCUT2D eigenvalue weighted by molar-refractivity contribution is 0.111. The molecule has 4 nitrogen and oxygen atoms in total. The molecule has 0 spiro atoms. The number of aldehydes is 1. The Morgan fingerprint density at radius 1 is 1.43 bits per heavy atom. The van der Waals surface area contributed by atoms with Gasteiger partial charge in [0.05, 0.1) is 0 Å². The normalized spacial score (nSPS) is 16.3. The van der Waals surface area contributed by atoms with Crippen molar-refractivity contribution in [3.05, 3.63) is 10.3 Å². The standard InChI is InChI=1S/C9H12BrN3O/c1-12-7(6-14)8(10)11-9(12)13-4-2-3-5-13/h6H,2-5H2,1H3. The summed E-state index contributed by atoms with van der Waals surface area (Å²) in [6.45, 7) is 2.07. The second-order valence-electron chi connectivity index (χ2n) is 3.46. The van der Waals surface area contributed by atoms with E-state index >= 15 is 0 Å². The molecule has 76 valence electrons. The third-order valence-corrected chi connectivity index (χ3v) is 3.15. The summed E-state index contributed by atoms with van der Waals surface area (Å²) >= 11 is 3.29. The summed E-state index contributed by atoms with van der Waals surface area (Å²) in [4.78, 5) is 17.3. The Kier molecular flexibility index (Phi) is 2.58. The quantitative estimate of drug-likeness (QED) is 0.756. The van der Waals surface area contributed by atoms with E-state index in [1.54, 1.807) is 0 Å². The van der Waals surface area contributed by atoms with Gasteiger partial charge in [-0.3, -0.25) is 4.79 Å². The van der Waals surface area contributed by atoms with Crippen LogP contribution in [0.3, 0.4) is 0 Å². The van der Waals surface area contributed by atoms with Gasteiger partial charge in [0.15, 0.2) is 6.29 Å². The number of halogens is 1. The Morgan fingerprint density at radius 3 is 2.57 bits per heavy atom. The molecule has 5 heteroatoms. The summed E-state index contributed by atoms with van der Waals surface area (Å²) in [7, 11) is 1.87. The van der Waals surface area contributed by atoms with E-state index in [2.05, 4.69) is 25.8 Å². The number of hydrogen-bond acceptors (Lipinski definition) is 3. The van der Waals surface area contributed by atoms with Crippen LogP contribution in [0.5, 0.6) is 0 Å². The molecule has 1 aromatic rings. The minimum Gasteiger partial charge on any atom is -0.342 e. The van der Waals surface area contributed by atoms with E-state index in [1.165, 1.54) is 12.8 Å². The van der Waals surface area contributed by atoms with E-state index in [0.717, 1.165) is 25.3 Å². The smallest absolute Gasteiger partial charge is 0.206 e. The van der Waals surface area contributed by atoms with Gasteiger partial charge in [-0.2, -0.15) is 0 Å². The minimum absolute atomic E-state index is 0.604. The van der Waals surface area contributed by atoms with Crippen molar-refractivity contribution in [2.24, 2.45) is 7.05 Å². The maximum Gasteiger partial charge on any atom is 0.206 e. The van der Waals surface area contributed by atoms with E-state index in [0.29, 0.717) is 10.3 Å². The summed E-state index contributed by atoms with van der Waals surface area (Å²) in [6, 6.07) is 0. The Labute approximate surface area is 91.0 Å². The predicted octanol–water partition coefficient (Wildman–Crippen LogP) is 1.60. The minimum atomic E-state index is 0.604. The monoisotopic (exact) mass is 257 g/mol. The molecule has 2 heterocycles. The Bertz CT molecular complexity index is 355. The second kappa shape index (κ2) is 3.73. The fourth-order valence-electron chi connectivity index (χ4n) is 1.79. The molecule has 1 fully saturated rings. The molecule has 0 radical (unpaired) electrons. The highest BCUT2D eigenvalue weighted by atomic mass is 79.9. The molecular weight excluding hydrogens is 246 g/mol. The molecule has 0 saturated carbocycles. The lowest BCUT2D eigenvalue weighted by Crippen LogP contribution is -2.21. The van der Waals surface area contributed by atoms with Crippen molar-refractivity contribution >= 4 is 28.2 Å². The second-order valence-corrected chi connectivity index (χ2v) is 4.21. The van der Waals surface area contributed by atoms with Gasteiger partial charge in [-0.25, -0.2) is 4.98 Å². The fourth-order valence-corrected chi connectivity index (χ4v) is 2.31. The molecule has 0 N–H and O–H groups in total. The van der Waals surface area contributed by atoms with Gasteiger partial charge in [0, 0.05) is 20.1 Å². The topological polar surface area (TPSA) is 38.1 Å². The number of carbonyl (C=O) groups is 1. The average molecular weight is 258 g/mol. The maximum absolute atomic E-state index is 10.8. The van der Waals surface area contributed by atoms with Crippen molar-refractivity contribution in [1.82, 2.24) is 9.55 Å². The van der Waals surface area contributed by atoms with Gasteiger partial charge in [0.25, 0.3) is 0 Å². The van der Waals surface area contributed by atoms with Crippen LogP contribution in [0.4, 0.5) is 5.95 Å². The number of hydrogen-bond donors (Lipinski definition) is 0. The number of nitrogens with zero attached hydrogens (tertiary/aromatic N) is 3. The van der Waals surface area contributed by atoms with Gasteiger partial charge in [-0.05, 0) is 28.8 Å². The number of carbonyl (C=O) groups excluding carboxylic acids is 1. The molecule has 0 atom stereocenters. The third kappa shape index (κ3) is 1.45. The molecule has 0 aromatic carbocycles. The molecule has 0 amide bonds. The molecule has 0 aliphatic carbocycles. The zero-order valence-electron chi connectivity index (χ0n) is 8.03. The van der Waals surface area contributed by atoms with Crippen LogP contribution in [0.1, 0.15) is 23.3 Å². The van der Waals surface area contributed by atoms with Gasteiger partial charge < -0.3 is 9.47 Å². The van der Waals surface area contributed by atoms with Crippen LogP contribution in [-0.4, -0.2) is 28.9 Å². The number of rotatable bonds is 2. The first-order chi connectivity index (χ1) is 6.74. The highest BCUT2D eigenvalue weighted by Gasteiger charge is 2.20. The van der Waals surface area contributed by atoms with Gasteiger partial charge in [0.2, 0.25) is 5.95 Å². The molecular formula is C9H12BrN3O. The first-order valence-electron chi connectivity index (χ1n) is 4.66. The van der Waals surface area contributed by atoms with Gasteiger partial charge in [0.1, 0.15) is 10.3 Å². The summed E-state index contributed by atoms with van der Waals surface area (Å²) in [6.07, 6.45) is 3.25. The fraction of sp³-hybridized carbons (Fsp3) is 0.556. The summed E-state index contributed by atoms with van der Waals surface area (Å²) in [5.41, 5.74) is 0.604. The molecule has 1 aliphatic heterocycles. The van der Waals surface area contributed by atoms with Crippen LogP contribution in [-0.2, 0) is 7.05 Å². The van der Waals surface area contributed by atoms with Crippen molar-refractivity contribution in [1.29, 1.82) is 0 Å². The first kappa shape index (κ1) is 9.71. The largest absolute Gasteiger partial charge is 0.342 e. The van der Waals surface area contributed by atoms with Crippen molar-refractivity contribution in [3.8, 4) is 0 Å². The number of anilines is 1. The van der Waals surface area contributed by atoms with Crippen molar-refractivity contribution in [2.45, 2.75) is 12.8 Å². The Morgan fingerprint density at radius 2 is 2.07 bits per heavy atom. The Balaban J connectivity index is 2.38. The van der Waals surface area contributed by atoms with Crippen LogP contribution in [0.2, 0.25) is 0 Å². The molecule has 1 saturated heterocycles. The SMILES string of the molecule is Cn1c(N2CCCC2)nc(Br)c1C=O. The van der Waals surface area contributed by atoms with Crippen LogP contribution >= 0.6 is 15.9 Å². The number of aromatic nitrogens is 2. The lowest BCUT2D eigenvalue weighted by Gasteiger charge is -2.15. The van der Waals surface area contributed by atoms with Gasteiger partial charge in [-0.15, -0.1) is 0 Å². The summed E-state index contributed by atoms with van der Waals surface area (Å²) in [5.74, 6) is 0.886. The van der Waals surface area contributed by atoms with E-state index in [9.17, 15) is 4.79 Å². The van der Waals surface area contributed by atoms with Crippen molar-refractivity contribution in [3.63, 3.8) is 0 Å². The highest BCUT2D eigenvalue weighted by molar-refractivity contribution is 9.10. The van der Waals surface area contributed by atoms with E-state index in [1.807, 2.05) is 11.6 Å². The molecule has 0 unspecified atom stereocenters. The highest BCUT2D eigenvalue weighted by Crippen LogP contribution is 2.24. The van der Waals surface area contributed by atoms with E-state index < -0.39 is 0 Å². The van der Waals surface area contributed by atoms with Gasteiger partial charge in [-0.1, -0.05) is 0 Å². The Hall–Kier alpha value is -0.840.